The largest absolute Gasteiger partial charge is 0.497 e. The molecule has 8 nitrogen and oxygen atoms in total. The minimum absolute atomic E-state index is 0.150. The van der Waals surface area contributed by atoms with Crippen LogP contribution in [0.1, 0.15) is 27.7 Å². The van der Waals surface area contributed by atoms with E-state index in [1.54, 1.807) is 37.4 Å². The van der Waals surface area contributed by atoms with Gasteiger partial charge in [-0.2, -0.15) is 0 Å². The van der Waals surface area contributed by atoms with E-state index < -0.39 is 12.1 Å². The second kappa shape index (κ2) is 8.32. The zero-order valence-corrected chi connectivity index (χ0v) is 16.9. The van der Waals surface area contributed by atoms with E-state index in [0.29, 0.717) is 45.0 Å². The van der Waals surface area contributed by atoms with Crippen molar-refractivity contribution in [3.8, 4) is 23.0 Å². The van der Waals surface area contributed by atoms with E-state index in [2.05, 4.69) is 4.98 Å². The van der Waals surface area contributed by atoms with Crippen LogP contribution in [0.25, 0.3) is 10.9 Å². The second-order valence-corrected chi connectivity index (χ2v) is 6.18. The lowest BCUT2D eigenvalue weighted by atomic mass is 9.97. The summed E-state index contributed by atoms with van der Waals surface area (Å²) in [7, 11) is 7.31. The first-order chi connectivity index (χ1) is 14.0. The van der Waals surface area contributed by atoms with Gasteiger partial charge in [-0.15, -0.1) is 0 Å². The lowest BCUT2D eigenvalue weighted by molar-refractivity contribution is 0.0589. The topological polar surface area (TPSA) is 99.2 Å². The Morgan fingerprint density at radius 3 is 2.10 bits per heavy atom. The van der Waals surface area contributed by atoms with Crippen LogP contribution >= 0.6 is 0 Å². The van der Waals surface area contributed by atoms with Gasteiger partial charge in [-0.05, 0) is 35.9 Å². The number of hydrogen-bond acceptors (Lipinski definition) is 7. The number of aliphatic hydroxyl groups excluding tert-OH is 1. The number of aromatic nitrogens is 1. The number of rotatable bonds is 7. The van der Waals surface area contributed by atoms with Crippen molar-refractivity contribution in [2.24, 2.45) is 0 Å². The molecular formula is C21H23NO7. The Kier molecular flexibility index (Phi) is 5.84. The van der Waals surface area contributed by atoms with Crippen LogP contribution in [0.2, 0.25) is 0 Å². The summed E-state index contributed by atoms with van der Waals surface area (Å²) in [6.45, 7) is 0. The molecule has 0 fully saturated rings. The SMILES string of the molecule is COC(=O)c1[nH]c2ccc(OC)cc2c1C(O)c1cc(OC)c(OC)c(OC)c1. The van der Waals surface area contributed by atoms with Crippen molar-refractivity contribution in [2.45, 2.75) is 6.10 Å². The quantitative estimate of drug-likeness (QED) is 0.587. The summed E-state index contributed by atoms with van der Waals surface area (Å²) in [5.74, 6) is 1.17. The molecule has 1 atom stereocenters. The Morgan fingerprint density at radius 2 is 1.59 bits per heavy atom. The number of esters is 1. The fourth-order valence-corrected chi connectivity index (χ4v) is 3.29. The van der Waals surface area contributed by atoms with Crippen LogP contribution in [-0.4, -0.2) is 51.6 Å². The molecule has 0 aliphatic heterocycles. The van der Waals surface area contributed by atoms with Crippen molar-refractivity contribution in [3.05, 3.63) is 47.2 Å². The summed E-state index contributed by atoms with van der Waals surface area (Å²) < 4.78 is 26.3. The van der Waals surface area contributed by atoms with E-state index in [9.17, 15) is 9.90 Å². The Morgan fingerprint density at radius 1 is 0.931 bits per heavy atom. The number of fused-ring (bicyclic) bond motifs is 1. The monoisotopic (exact) mass is 401 g/mol. The number of nitrogens with one attached hydrogen (secondary N) is 1. The molecule has 1 aromatic heterocycles. The van der Waals surface area contributed by atoms with E-state index in [1.165, 1.54) is 28.4 Å². The molecule has 3 rings (SSSR count). The first-order valence-corrected chi connectivity index (χ1v) is 8.74. The maximum Gasteiger partial charge on any atom is 0.354 e. The average Bonchev–Trinajstić information content (AvgIpc) is 3.15. The highest BCUT2D eigenvalue weighted by atomic mass is 16.5. The summed E-state index contributed by atoms with van der Waals surface area (Å²) in [6, 6.07) is 8.54. The summed E-state index contributed by atoms with van der Waals surface area (Å²) in [5, 5.41) is 11.9. The molecule has 3 aromatic rings. The number of hydrogen-bond donors (Lipinski definition) is 2. The highest BCUT2D eigenvalue weighted by molar-refractivity contribution is 5.99. The molecule has 2 aromatic carbocycles. The minimum Gasteiger partial charge on any atom is -0.497 e. The molecule has 0 spiro atoms. The second-order valence-electron chi connectivity index (χ2n) is 6.18. The molecule has 0 saturated carbocycles. The Balaban J connectivity index is 2.25. The van der Waals surface area contributed by atoms with Crippen LogP contribution in [-0.2, 0) is 4.74 Å². The fraction of sp³-hybridized carbons (Fsp3) is 0.286. The van der Waals surface area contributed by atoms with Gasteiger partial charge in [0.25, 0.3) is 0 Å². The van der Waals surface area contributed by atoms with Gasteiger partial charge in [-0.25, -0.2) is 4.79 Å². The van der Waals surface area contributed by atoms with E-state index in [1.807, 2.05) is 0 Å². The van der Waals surface area contributed by atoms with Crippen LogP contribution in [0.15, 0.2) is 30.3 Å². The van der Waals surface area contributed by atoms with Crippen LogP contribution in [0.3, 0.4) is 0 Å². The molecule has 0 radical (unpaired) electrons. The maximum atomic E-state index is 12.4. The molecule has 0 amide bonds. The van der Waals surface area contributed by atoms with Gasteiger partial charge in [0.1, 0.15) is 17.5 Å². The fourth-order valence-electron chi connectivity index (χ4n) is 3.29. The zero-order valence-electron chi connectivity index (χ0n) is 16.9. The van der Waals surface area contributed by atoms with Gasteiger partial charge < -0.3 is 33.8 Å². The van der Waals surface area contributed by atoms with E-state index in [4.69, 9.17) is 23.7 Å². The third kappa shape index (κ3) is 3.54. The van der Waals surface area contributed by atoms with E-state index in [-0.39, 0.29) is 5.69 Å². The highest BCUT2D eigenvalue weighted by Crippen LogP contribution is 2.42. The van der Waals surface area contributed by atoms with Crippen molar-refractivity contribution >= 4 is 16.9 Å². The predicted octanol–water partition coefficient (Wildman–Crippen LogP) is 3.07. The molecule has 29 heavy (non-hydrogen) atoms. The number of aromatic amines is 1. The first-order valence-electron chi connectivity index (χ1n) is 8.74. The van der Waals surface area contributed by atoms with Gasteiger partial charge in [0.2, 0.25) is 5.75 Å². The van der Waals surface area contributed by atoms with Crippen LogP contribution in [0.4, 0.5) is 0 Å². The summed E-state index contributed by atoms with van der Waals surface area (Å²) in [5.41, 5.74) is 1.62. The molecule has 0 saturated heterocycles. The number of benzene rings is 2. The van der Waals surface area contributed by atoms with E-state index >= 15 is 0 Å². The van der Waals surface area contributed by atoms with Crippen molar-refractivity contribution in [3.63, 3.8) is 0 Å². The normalized spacial score (nSPS) is 11.8. The summed E-state index contributed by atoms with van der Waals surface area (Å²) in [6.07, 6.45) is -1.18. The van der Waals surface area contributed by atoms with Gasteiger partial charge in [0.15, 0.2) is 11.5 Å². The lowest BCUT2D eigenvalue weighted by Gasteiger charge is -2.18. The Bertz CT molecular complexity index is 1020. The smallest absolute Gasteiger partial charge is 0.354 e. The molecule has 8 heteroatoms. The number of ether oxygens (including phenoxy) is 5. The molecule has 1 heterocycles. The Hall–Kier alpha value is -3.39. The molecule has 0 aliphatic rings. The lowest BCUT2D eigenvalue weighted by Crippen LogP contribution is -2.10. The molecule has 0 bridgehead atoms. The molecule has 154 valence electrons. The van der Waals surface area contributed by atoms with Crippen LogP contribution < -0.4 is 18.9 Å². The summed E-state index contributed by atoms with van der Waals surface area (Å²) in [4.78, 5) is 15.4. The number of aliphatic hydroxyl groups is 1. The highest BCUT2D eigenvalue weighted by Gasteiger charge is 2.27. The van der Waals surface area contributed by atoms with Gasteiger partial charge in [-0.1, -0.05) is 0 Å². The van der Waals surface area contributed by atoms with Gasteiger partial charge >= 0.3 is 5.97 Å². The number of carbonyl (C=O) groups excluding carboxylic acids is 1. The first kappa shape index (κ1) is 20.3. The van der Waals surface area contributed by atoms with Crippen molar-refractivity contribution < 1.29 is 33.6 Å². The van der Waals surface area contributed by atoms with Gasteiger partial charge in [-0.3, -0.25) is 0 Å². The van der Waals surface area contributed by atoms with Crippen molar-refractivity contribution in [2.75, 3.05) is 35.5 Å². The Labute approximate surface area is 167 Å². The molecular weight excluding hydrogens is 378 g/mol. The molecule has 0 aliphatic carbocycles. The van der Waals surface area contributed by atoms with Gasteiger partial charge in [0.05, 0.1) is 35.5 Å². The zero-order chi connectivity index (χ0) is 21.1. The van der Waals surface area contributed by atoms with Crippen molar-refractivity contribution in [1.82, 2.24) is 4.98 Å². The number of carbonyl (C=O) groups is 1. The number of methoxy groups -OCH3 is 5. The minimum atomic E-state index is -1.18. The van der Waals surface area contributed by atoms with Crippen molar-refractivity contribution in [1.29, 1.82) is 0 Å². The maximum absolute atomic E-state index is 12.4. The number of H-pyrrole nitrogens is 1. The van der Waals surface area contributed by atoms with Crippen LogP contribution in [0.5, 0.6) is 23.0 Å². The van der Waals surface area contributed by atoms with E-state index in [0.717, 1.165) is 0 Å². The van der Waals surface area contributed by atoms with Gasteiger partial charge in [0, 0.05) is 16.5 Å². The third-order valence-electron chi connectivity index (χ3n) is 4.71. The summed E-state index contributed by atoms with van der Waals surface area (Å²) >= 11 is 0. The third-order valence-corrected chi connectivity index (χ3v) is 4.71. The average molecular weight is 401 g/mol. The van der Waals surface area contributed by atoms with Crippen LogP contribution in [0, 0.1) is 0 Å². The standard InChI is InChI=1S/C21H23NO7/c1-25-12-6-7-14-13(10-12)17(18(22-14)21(24)29-5)19(23)11-8-15(26-2)20(28-4)16(9-11)27-3/h6-10,19,22-23H,1-5H3. The molecule has 2 N–H and O–H groups in total. The molecule has 1 unspecified atom stereocenters. The predicted molar refractivity (Wildman–Crippen MR) is 106 cm³/mol.